The Hall–Kier alpha value is -2.82. The summed E-state index contributed by atoms with van der Waals surface area (Å²) in [6.07, 6.45) is -0.796. The van der Waals surface area contributed by atoms with Gasteiger partial charge in [0.25, 0.3) is 5.91 Å². The molecule has 1 amide bonds. The summed E-state index contributed by atoms with van der Waals surface area (Å²) in [5, 5.41) is 5.18. The van der Waals surface area contributed by atoms with Crippen molar-refractivity contribution in [2.75, 3.05) is 0 Å². The number of ether oxygens (including phenoxy) is 1. The Bertz CT molecular complexity index is 935. The van der Waals surface area contributed by atoms with E-state index in [1.54, 1.807) is 25.1 Å². The summed E-state index contributed by atoms with van der Waals surface area (Å²) in [4.78, 5) is 12.5. The zero-order chi connectivity index (χ0) is 19.9. The van der Waals surface area contributed by atoms with Crippen LogP contribution in [0.15, 0.2) is 84.0 Å². The summed E-state index contributed by atoms with van der Waals surface area (Å²) in [7, 11) is 0. The highest BCUT2D eigenvalue weighted by Gasteiger charge is 2.17. The van der Waals surface area contributed by atoms with Crippen molar-refractivity contribution in [1.29, 1.82) is 0 Å². The van der Waals surface area contributed by atoms with Gasteiger partial charge >= 0.3 is 0 Å². The van der Waals surface area contributed by atoms with E-state index >= 15 is 0 Å². The molecule has 0 spiro atoms. The van der Waals surface area contributed by atoms with E-state index in [0.717, 1.165) is 11.1 Å². The lowest BCUT2D eigenvalue weighted by Gasteiger charge is -2.15. The van der Waals surface area contributed by atoms with Crippen molar-refractivity contribution in [3.8, 4) is 5.75 Å². The van der Waals surface area contributed by atoms with Crippen LogP contribution in [0.25, 0.3) is 0 Å². The lowest BCUT2D eigenvalue weighted by atomic mass is 10.0. The Labute approximate surface area is 173 Å². The predicted molar refractivity (Wildman–Crippen MR) is 113 cm³/mol. The van der Waals surface area contributed by atoms with Crippen LogP contribution < -0.4 is 10.2 Å². The highest BCUT2D eigenvalue weighted by atomic mass is 35.5. The van der Waals surface area contributed by atoms with Gasteiger partial charge in [0.05, 0.1) is 10.7 Å². The highest BCUT2D eigenvalue weighted by Crippen LogP contribution is 2.28. The first kappa shape index (κ1) is 19.9. The summed E-state index contributed by atoms with van der Waals surface area (Å²) < 4.78 is 5.63. The number of hydrogen-bond acceptors (Lipinski definition) is 3. The van der Waals surface area contributed by atoms with Crippen LogP contribution in [-0.4, -0.2) is 17.7 Å². The van der Waals surface area contributed by atoms with Crippen molar-refractivity contribution in [3.05, 3.63) is 100 Å². The monoisotopic (exact) mass is 412 g/mol. The van der Waals surface area contributed by atoms with E-state index < -0.39 is 12.0 Å². The van der Waals surface area contributed by atoms with Gasteiger partial charge in [-0.05, 0) is 25.1 Å². The number of hydrazone groups is 1. The van der Waals surface area contributed by atoms with Crippen molar-refractivity contribution in [3.63, 3.8) is 0 Å². The summed E-state index contributed by atoms with van der Waals surface area (Å²) in [6, 6.07) is 24.1. The number of nitrogens with zero attached hydrogens (tertiary/aromatic N) is 1. The number of carbonyl (C=O) groups excluding carboxylic acids is 1. The van der Waals surface area contributed by atoms with Gasteiger partial charge < -0.3 is 4.74 Å². The smallest absolute Gasteiger partial charge is 0.280 e. The second-order valence-corrected chi connectivity index (χ2v) is 6.85. The summed E-state index contributed by atoms with van der Waals surface area (Å²) in [5.41, 5.74) is 5.03. The summed E-state index contributed by atoms with van der Waals surface area (Å²) in [6.45, 7) is 1.63. The molecule has 3 aromatic carbocycles. The van der Waals surface area contributed by atoms with Crippen LogP contribution in [-0.2, 0) is 4.79 Å². The zero-order valence-electron chi connectivity index (χ0n) is 15.1. The van der Waals surface area contributed by atoms with Crippen LogP contribution in [0.1, 0.15) is 18.1 Å². The Morgan fingerprint density at radius 1 is 0.929 bits per heavy atom. The molecule has 0 aliphatic heterocycles. The third-order valence-corrected chi connectivity index (χ3v) is 4.47. The van der Waals surface area contributed by atoms with Gasteiger partial charge in [-0.3, -0.25) is 4.79 Å². The molecule has 0 bridgehead atoms. The molecule has 28 heavy (non-hydrogen) atoms. The maximum Gasteiger partial charge on any atom is 0.280 e. The minimum Gasteiger partial charge on any atom is -0.479 e. The largest absolute Gasteiger partial charge is 0.479 e. The van der Waals surface area contributed by atoms with Crippen LogP contribution >= 0.6 is 23.2 Å². The minimum absolute atomic E-state index is 0.338. The van der Waals surface area contributed by atoms with Crippen molar-refractivity contribution in [2.24, 2.45) is 5.10 Å². The summed E-state index contributed by atoms with van der Waals surface area (Å²) >= 11 is 12.0. The normalized spacial score (nSPS) is 11.4. The Morgan fingerprint density at radius 2 is 1.50 bits per heavy atom. The maximum absolute atomic E-state index is 12.5. The Morgan fingerprint density at radius 3 is 2.04 bits per heavy atom. The second kappa shape index (κ2) is 9.40. The first-order chi connectivity index (χ1) is 13.5. The fourth-order valence-corrected chi connectivity index (χ4v) is 2.96. The van der Waals surface area contributed by atoms with Crippen LogP contribution in [0.4, 0.5) is 0 Å². The van der Waals surface area contributed by atoms with E-state index in [4.69, 9.17) is 27.9 Å². The van der Waals surface area contributed by atoms with Crippen LogP contribution in [0.3, 0.4) is 0 Å². The summed E-state index contributed by atoms with van der Waals surface area (Å²) in [5.74, 6) is -0.0144. The Balaban J connectivity index is 1.77. The number of amides is 1. The molecule has 1 unspecified atom stereocenters. The van der Waals surface area contributed by atoms with Gasteiger partial charge in [-0.2, -0.15) is 5.10 Å². The lowest BCUT2D eigenvalue weighted by molar-refractivity contribution is -0.127. The van der Waals surface area contributed by atoms with E-state index in [0.29, 0.717) is 21.5 Å². The SMILES string of the molecule is CC(Oc1ccc(Cl)cc1Cl)C(=O)NN=C(c1ccccc1)c1ccccc1. The van der Waals surface area contributed by atoms with Gasteiger partial charge in [0, 0.05) is 16.1 Å². The average molecular weight is 413 g/mol. The van der Waals surface area contributed by atoms with E-state index in [-0.39, 0.29) is 0 Å². The highest BCUT2D eigenvalue weighted by molar-refractivity contribution is 6.35. The molecular formula is C22H18Cl2N2O2. The molecule has 0 saturated carbocycles. The molecule has 0 radical (unpaired) electrons. The molecular weight excluding hydrogens is 395 g/mol. The van der Waals surface area contributed by atoms with Crippen molar-refractivity contribution < 1.29 is 9.53 Å². The molecule has 0 fully saturated rings. The van der Waals surface area contributed by atoms with Crippen LogP contribution in [0.5, 0.6) is 5.75 Å². The molecule has 0 aromatic heterocycles. The van der Waals surface area contributed by atoms with E-state index in [9.17, 15) is 4.79 Å². The molecule has 0 aliphatic carbocycles. The lowest BCUT2D eigenvalue weighted by Crippen LogP contribution is -2.34. The standard InChI is InChI=1S/C22H18Cl2N2O2/c1-15(28-20-13-12-18(23)14-19(20)24)22(27)26-25-21(16-8-4-2-5-9-16)17-10-6-3-7-11-17/h2-15H,1H3,(H,26,27). The first-order valence-corrected chi connectivity index (χ1v) is 9.40. The van der Waals surface area contributed by atoms with Gasteiger partial charge in [0.1, 0.15) is 5.75 Å². The van der Waals surface area contributed by atoms with Crippen LogP contribution in [0, 0.1) is 0 Å². The molecule has 1 N–H and O–H groups in total. The number of hydrogen-bond donors (Lipinski definition) is 1. The molecule has 6 heteroatoms. The van der Waals surface area contributed by atoms with Crippen LogP contribution in [0.2, 0.25) is 10.0 Å². The van der Waals surface area contributed by atoms with Gasteiger partial charge in [0.2, 0.25) is 0 Å². The topological polar surface area (TPSA) is 50.7 Å². The van der Waals surface area contributed by atoms with Gasteiger partial charge in [0.15, 0.2) is 6.10 Å². The van der Waals surface area contributed by atoms with Crippen molar-refractivity contribution in [2.45, 2.75) is 13.0 Å². The van der Waals surface area contributed by atoms with Crippen molar-refractivity contribution in [1.82, 2.24) is 5.43 Å². The third-order valence-electron chi connectivity index (χ3n) is 3.94. The minimum atomic E-state index is -0.796. The van der Waals surface area contributed by atoms with E-state index in [1.165, 1.54) is 0 Å². The molecule has 0 aliphatic rings. The van der Waals surface area contributed by atoms with Gasteiger partial charge in [-0.1, -0.05) is 83.9 Å². The molecule has 0 saturated heterocycles. The van der Waals surface area contributed by atoms with Crippen molar-refractivity contribution >= 4 is 34.8 Å². The van der Waals surface area contributed by atoms with Gasteiger partial charge in [-0.15, -0.1) is 0 Å². The fourth-order valence-electron chi connectivity index (χ4n) is 2.50. The zero-order valence-corrected chi connectivity index (χ0v) is 16.6. The average Bonchev–Trinajstić information content (AvgIpc) is 2.71. The third kappa shape index (κ3) is 5.12. The molecule has 4 nitrogen and oxygen atoms in total. The number of carbonyl (C=O) groups is 1. The maximum atomic E-state index is 12.5. The van der Waals surface area contributed by atoms with E-state index in [2.05, 4.69) is 10.5 Å². The Kier molecular flexibility index (Phi) is 6.69. The van der Waals surface area contributed by atoms with E-state index in [1.807, 2.05) is 60.7 Å². The number of rotatable bonds is 6. The number of halogens is 2. The fraction of sp³-hybridized carbons (Fsp3) is 0.0909. The number of benzene rings is 3. The number of nitrogens with one attached hydrogen (secondary N) is 1. The van der Waals surface area contributed by atoms with Gasteiger partial charge in [-0.25, -0.2) is 5.43 Å². The molecule has 3 aromatic rings. The molecule has 142 valence electrons. The second-order valence-electron chi connectivity index (χ2n) is 6.00. The molecule has 3 rings (SSSR count). The molecule has 0 heterocycles. The quantitative estimate of drug-likeness (QED) is 0.439. The molecule has 1 atom stereocenters. The first-order valence-electron chi connectivity index (χ1n) is 8.64. The predicted octanol–water partition coefficient (Wildman–Crippen LogP) is 5.33.